The molecule has 0 aromatic carbocycles. The minimum absolute atomic E-state index is 0.0192. The van der Waals surface area contributed by atoms with Crippen LogP contribution in [-0.2, 0) is 23.8 Å². The average Bonchev–Trinajstić information content (AvgIpc) is 0.855. The van der Waals surface area contributed by atoms with E-state index < -0.39 is 49.5 Å². The van der Waals surface area contributed by atoms with Crippen LogP contribution in [0.25, 0.3) is 0 Å². The fraction of sp³-hybridized carbons (Fsp3) is 0.859. The minimum Gasteiger partial charge on any atom is -0.466 e. The number of ether oxygens (including phenoxy) is 3. The predicted molar refractivity (Wildman–Crippen MR) is 407 cm³/mol. The van der Waals surface area contributed by atoms with Crippen molar-refractivity contribution >= 4 is 11.9 Å². The first-order valence-electron chi connectivity index (χ1n) is 41.6. The minimum atomic E-state index is -1.58. The molecule has 0 aromatic rings. The molecule has 0 spiro atoms. The number of nitrogens with one attached hydrogen (secondary N) is 1. The van der Waals surface area contributed by atoms with Crippen LogP contribution in [0.2, 0.25) is 0 Å². The maximum Gasteiger partial charge on any atom is 0.305 e. The molecule has 1 saturated heterocycles. The van der Waals surface area contributed by atoms with Crippen molar-refractivity contribution in [3.05, 3.63) is 60.8 Å². The number of esters is 1. The zero-order valence-electron chi connectivity index (χ0n) is 62.8. The number of aliphatic hydroxyl groups is 5. The normalized spacial score (nSPS) is 17.6. The number of allylic oxidation sites excluding steroid dienone is 9. The Morgan fingerprint density at radius 1 is 0.385 bits per heavy atom. The van der Waals surface area contributed by atoms with Gasteiger partial charge in [-0.15, -0.1) is 0 Å². The second kappa shape index (κ2) is 73.6. The van der Waals surface area contributed by atoms with E-state index in [2.05, 4.69) is 67.8 Å². The van der Waals surface area contributed by atoms with Gasteiger partial charge in [0.05, 0.1) is 32.0 Å². The summed E-state index contributed by atoms with van der Waals surface area (Å²) in [5.41, 5.74) is 0. The van der Waals surface area contributed by atoms with Crippen molar-refractivity contribution in [2.75, 3.05) is 19.8 Å². The number of hydrogen-bond acceptors (Lipinski definition) is 10. The maximum atomic E-state index is 13.1. The molecule has 0 aliphatic carbocycles. The highest BCUT2D eigenvalue weighted by atomic mass is 16.7. The van der Waals surface area contributed by atoms with Crippen molar-refractivity contribution in [3.63, 3.8) is 0 Å². The Balaban J connectivity index is 1.87. The largest absolute Gasteiger partial charge is 0.466 e. The van der Waals surface area contributed by atoms with Crippen molar-refractivity contribution in [2.24, 2.45) is 0 Å². The topological polar surface area (TPSA) is 175 Å². The van der Waals surface area contributed by atoms with Gasteiger partial charge >= 0.3 is 5.97 Å². The van der Waals surface area contributed by atoms with Gasteiger partial charge in [-0.3, -0.25) is 9.59 Å². The molecule has 1 rings (SSSR count). The average molecular weight is 1350 g/mol. The molecule has 11 nitrogen and oxygen atoms in total. The fourth-order valence-corrected chi connectivity index (χ4v) is 13.1. The zero-order valence-corrected chi connectivity index (χ0v) is 62.8. The second-order valence-electron chi connectivity index (χ2n) is 28.8. The standard InChI is InChI=1S/C85H157NO10/c1-3-5-7-9-11-13-15-16-17-18-43-46-49-53-57-61-65-69-73-81(90)94-74-70-66-62-58-54-50-47-44-41-39-37-35-33-31-29-27-25-23-21-19-20-22-24-26-28-30-32-34-36-38-40-42-45-48-52-56-60-64-68-72-80(89)86-77(76-95-85-84(93)83(92)82(91)79(75-87)96-85)78(88)71-67-63-59-55-51-14-12-10-8-6-4-2/h8,10,19-20,23,25,51,55,67,71,77-79,82-85,87-88,91-93H,3-7,9,11-18,21-22,24,26-50,52-54,56-66,68-70,72-76H2,1-2H3,(H,86,89)/b10-8+,20-19-,25-23-,55-51+,71-67+. The Kier molecular flexibility index (Phi) is 70.0. The fourth-order valence-electron chi connectivity index (χ4n) is 13.1. The lowest BCUT2D eigenvalue weighted by atomic mass is 9.99. The SMILES string of the molecule is CCC/C=C/CC/C=C/CC/C=C/C(O)C(COC1OC(CO)C(O)C(O)C1O)NC(=O)CCCCCCCCCCCCCCCCCCC/C=C\C/C=C\CCCCCCCCCCCCCCCCCOC(=O)CCCCCCCCCCCCCCCCCCCC. The van der Waals surface area contributed by atoms with Gasteiger partial charge in [-0.05, 0) is 83.5 Å². The Morgan fingerprint density at radius 2 is 0.729 bits per heavy atom. The summed E-state index contributed by atoms with van der Waals surface area (Å²) in [4.78, 5) is 25.2. The number of rotatable bonds is 74. The highest BCUT2D eigenvalue weighted by Crippen LogP contribution is 2.24. The van der Waals surface area contributed by atoms with Crippen LogP contribution in [0.1, 0.15) is 406 Å². The number of amides is 1. The van der Waals surface area contributed by atoms with Gasteiger partial charge in [0, 0.05) is 12.8 Å². The number of carbonyl (C=O) groups excluding carboxylic acids is 2. The van der Waals surface area contributed by atoms with Gasteiger partial charge < -0.3 is 45.1 Å². The summed E-state index contributed by atoms with van der Waals surface area (Å²) in [6, 6.07) is -0.833. The summed E-state index contributed by atoms with van der Waals surface area (Å²) in [5, 5.41) is 54.4. The molecule has 1 heterocycles. The molecule has 1 amide bonds. The summed E-state index contributed by atoms with van der Waals surface area (Å²) < 4.78 is 16.8. The van der Waals surface area contributed by atoms with Gasteiger partial charge in [0.15, 0.2) is 6.29 Å². The van der Waals surface area contributed by atoms with E-state index in [0.717, 1.165) is 77.0 Å². The highest BCUT2D eigenvalue weighted by Gasteiger charge is 2.44. The zero-order chi connectivity index (χ0) is 69.4. The first-order valence-corrected chi connectivity index (χ1v) is 41.6. The summed E-state index contributed by atoms with van der Waals surface area (Å²) in [6.07, 6.45) is 90.0. The van der Waals surface area contributed by atoms with E-state index in [1.54, 1.807) is 6.08 Å². The molecular formula is C85H157NO10. The smallest absolute Gasteiger partial charge is 0.305 e. The molecule has 562 valence electrons. The molecule has 0 aromatic heterocycles. The molecule has 1 aliphatic heterocycles. The van der Waals surface area contributed by atoms with E-state index in [9.17, 15) is 35.1 Å². The quantitative estimate of drug-likeness (QED) is 0.0195. The van der Waals surface area contributed by atoms with Crippen LogP contribution in [0.15, 0.2) is 60.8 Å². The Labute approximate surface area is 592 Å². The van der Waals surface area contributed by atoms with Crippen LogP contribution in [0.4, 0.5) is 0 Å². The van der Waals surface area contributed by atoms with Crippen LogP contribution in [0.5, 0.6) is 0 Å². The molecule has 6 N–H and O–H groups in total. The first-order chi connectivity index (χ1) is 47.2. The summed E-state index contributed by atoms with van der Waals surface area (Å²) in [6.45, 7) is 4.30. The number of carbonyl (C=O) groups is 2. The number of aliphatic hydroxyl groups excluding tert-OH is 5. The van der Waals surface area contributed by atoms with Crippen molar-refractivity contribution < 1.29 is 49.3 Å². The first kappa shape index (κ1) is 91.4. The van der Waals surface area contributed by atoms with Gasteiger partial charge in [0.2, 0.25) is 5.91 Å². The molecule has 1 aliphatic rings. The molecule has 96 heavy (non-hydrogen) atoms. The predicted octanol–water partition coefficient (Wildman–Crippen LogP) is 22.8. The summed E-state index contributed by atoms with van der Waals surface area (Å²) in [5.74, 6) is -0.175. The molecule has 0 saturated carbocycles. The number of hydrogen-bond donors (Lipinski definition) is 6. The second-order valence-corrected chi connectivity index (χ2v) is 28.8. The van der Waals surface area contributed by atoms with Crippen LogP contribution < -0.4 is 5.32 Å². The maximum absolute atomic E-state index is 13.1. The van der Waals surface area contributed by atoms with E-state index in [-0.39, 0.29) is 18.5 Å². The van der Waals surface area contributed by atoms with Crippen LogP contribution >= 0.6 is 0 Å². The van der Waals surface area contributed by atoms with Gasteiger partial charge in [-0.25, -0.2) is 0 Å². The van der Waals surface area contributed by atoms with Crippen LogP contribution in [0.3, 0.4) is 0 Å². The lowest BCUT2D eigenvalue weighted by molar-refractivity contribution is -0.302. The summed E-state index contributed by atoms with van der Waals surface area (Å²) >= 11 is 0. The third-order valence-corrected chi connectivity index (χ3v) is 19.6. The highest BCUT2D eigenvalue weighted by molar-refractivity contribution is 5.76. The Morgan fingerprint density at radius 3 is 1.12 bits per heavy atom. The Bertz CT molecular complexity index is 1780. The lowest BCUT2D eigenvalue weighted by Crippen LogP contribution is -2.60. The third kappa shape index (κ3) is 61.2. The molecule has 0 radical (unpaired) electrons. The molecule has 11 heteroatoms. The van der Waals surface area contributed by atoms with Crippen molar-refractivity contribution in [3.8, 4) is 0 Å². The van der Waals surface area contributed by atoms with Crippen molar-refractivity contribution in [2.45, 2.75) is 448 Å². The number of unbranched alkanes of at least 4 members (excludes halogenated alkanes) is 52. The van der Waals surface area contributed by atoms with E-state index in [1.165, 1.54) is 302 Å². The van der Waals surface area contributed by atoms with E-state index in [0.29, 0.717) is 19.4 Å². The van der Waals surface area contributed by atoms with Crippen molar-refractivity contribution in [1.82, 2.24) is 5.32 Å². The van der Waals surface area contributed by atoms with Crippen LogP contribution in [-0.4, -0.2) is 100 Å². The monoisotopic (exact) mass is 1350 g/mol. The van der Waals surface area contributed by atoms with E-state index in [4.69, 9.17) is 14.2 Å². The van der Waals surface area contributed by atoms with E-state index >= 15 is 0 Å². The molecule has 1 fully saturated rings. The molecule has 0 bridgehead atoms. The lowest BCUT2D eigenvalue weighted by Gasteiger charge is -2.40. The van der Waals surface area contributed by atoms with Crippen LogP contribution in [0, 0.1) is 0 Å². The summed E-state index contributed by atoms with van der Waals surface area (Å²) in [7, 11) is 0. The Hall–Kier alpha value is -2.64. The van der Waals surface area contributed by atoms with Gasteiger partial charge in [0.25, 0.3) is 0 Å². The molecule has 7 unspecified atom stereocenters. The third-order valence-electron chi connectivity index (χ3n) is 19.6. The van der Waals surface area contributed by atoms with Gasteiger partial charge in [-0.1, -0.05) is 370 Å². The molecular weight excluding hydrogens is 1190 g/mol. The van der Waals surface area contributed by atoms with E-state index in [1.807, 2.05) is 6.08 Å². The van der Waals surface area contributed by atoms with Gasteiger partial charge in [-0.2, -0.15) is 0 Å². The van der Waals surface area contributed by atoms with Gasteiger partial charge in [0.1, 0.15) is 24.4 Å². The molecule has 7 atom stereocenters. The van der Waals surface area contributed by atoms with Crippen molar-refractivity contribution in [1.29, 1.82) is 0 Å².